The number of hydrogen-bond donors (Lipinski definition) is 0. The molecule has 0 aliphatic heterocycles. The van der Waals surface area contributed by atoms with Crippen molar-refractivity contribution in [2.75, 3.05) is 25.1 Å². The van der Waals surface area contributed by atoms with Gasteiger partial charge in [-0.3, -0.25) is 0 Å². The lowest BCUT2D eigenvalue weighted by Gasteiger charge is -2.19. The maximum absolute atomic E-state index is 12.7. The average Bonchev–Trinajstić information content (AvgIpc) is 2.41. The molecule has 0 heterocycles. The van der Waals surface area contributed by atoms with Crippen molar-refractivity contribution >= 4 is 5.69 Å². The largest absolute Gasteiger partial charge is 0.492 e. The van der Waals surface area contributed by atoms with Crippen LogP contribution < -0.4 is 9.64 Å². The fourth-order valence-electron chi connectivity index (χ4n) is 1.76. The van der Waals surface area contributed by atoms with E-state index in [1.54, 1.807) is 12.1 Å². The Balaban J connectivity index is 1.82. The molecule has 2 aromatic carbocycles. The molecule has 0 radical (unpaired) electrons. The fraction of sp³-hybridized carbons (Fsp3) is 0.250. The van der Waals surface area contributed by atoms with Crippen LogP contribution >= 0.6 is 0 Å². The summed E-state index contributed by atoms with van der Waals surface area (Å²) in [5.41, 5.74) is 2.41. The maximum Gasteiger partial charge on any atom is 0.123 e. The molecule has 0 amide bonds. The summed E-state index contributed by atoms with van der Waals surface area (Å²) in [6.07, 6.45) is 0. The zero-order chi connectivity index (χ0) is 13.7. The van der Waals surface area contributed by atoms with E-state index in [9.17, 15) is 4.39 Å². The van der Waals surface area contributed by atoms with Crippen LogP contribution in [0.5, 0.6) is 5.75 Å². The van der Waals surface area contributed by atoms with Gasteiger partial charge in [0.05, 0.1) is 6.54 Å². The van der Waals surface area contributed by atoms with Crippen LogP contribution in [-0.2, 0) is 0 Å². The van der Waals surface area contributed by atoms with Gasteiger partial charge < -0.3 is 9.64 Å². The van der Waals surface area contributed by atoms with Gasteiger partial charge in [0.15, 0.2) is 0 Å². The van der Waals surface area contributed by atoms with Crippen LogP contribution in [-0.4, -0.2) is 20.2 Å². The molecule has 19 heavy (non-hydrogen) atoms. The Morgan fingerprint density at radius 2 is 1.63 bits per heavy atom. The molecule has 0 aromatic heterocycles. The molecule has 0 saturated carbocycles. The highest BCUT2D eigenvalue weighted by molar-refractivity contribution is 5.46. The van der Waals surface area contributed by atoms with E-state index >= 15 is 0 Å². The summed E-state index contributed by atoms with van der Waals surface area (Å²) in [6, 6.07) is 14.4. The molecule has 0 fully saturated rings. The van der Waals surface area contributed by atoms with Gasteiger partial charge in [-0.15, -0.1) is 0 Å². The van der Waals surface area contributed by atoms with E-state index in [0.29, 0.717) is 12.4 Å². The lowest BCUT2D eigenvalue weighted by molar-refractivity contribution is 0.325. The predicted molar refractivity (Wildman–Crippen MR) is 76.3 cm³/mol. The van der Waals surface area contributed by atoms with E-state index in [0.717, 1.165) is 12.2 Å². The first-order chi connectivity index (χ1) is 9.15. The molecule has 0 N–H and O–H groups in total. The predicted octanol–water partition coefficient (Wildman–Crippen LogP) is 3.65. The third kappa shape index (κ3) is 3.98. The molecule has 0 unspecified atom stereocenters. The number of hydrogen-bond acceptors (Lipinski definition) is 2. The first-order valence-corrected chi connectivity index (χ1v) is 6.31. The average molecular weight is 259 g/mol. The van der Waals surface area contributed by atoms with Crippen LogP contribution in [0, 0.1) is 12.7 Å². The fourth-order valence-corrected chi connectivity index (χ4v) is 1.76. The second-order valence-corrected chi connectivity index (χ2v) is 4.56. The van der Waals surface area contributed by atoms with Gasteiger partial charge in [0, 0.05) is 12.7 Å². The zero-order valence-corrected chi connectivity index (χ0v) is 11.3. The highest BCUT2D eigenvalue weighted by atomic mass is 19.1. The molecule has 2 nitrogen and oxygen atoms in total. The third-order valence-electron chi connectivity index (χ3n) is 2.98. The molecule has 2 aromatic rings. The second kappa shape index (κ2) is 6.23. The lowest BCUT2D eigenvalue weighted by Crippen LogP contribution is -2.23. The van der Waals surface area contributed by atoms with Crippen LogP contribution in [0.4, 0.5) is 10.1 Å². The molecular formula is C16H18FNO. The van der Waals surface area contributed by atoms with Crippen molar-refractivity contribution in [2.45, 2.75) is 6.92 Å². The molecule has 0 atom stereocenters. The number of rotatable bonds is 5. The standard InChI is InChI=1S/C16H18FNO/c1-13-3-7-15(8-4-13)18(2)11-12-19-16-9-5-14(17)6-10-16/h3-10H,11-12H2,1-2H3. The minimum Gasteiger partial charge on any atom is -0.492 e. The molecule has 0 aliphatic carbocycles. The van der Waals surface area contributed by atoms with Crippen molar-refractivity contribution in [1.29, 1.82) is 0 Å². The Bertz CT molecular complexity index is 507. The summed E-state index contributed by atoms with van der Waals surface area (Å²) >= 11 is 0. The quantitative estimate of drug-likeness (QED) is 0.812. The summed E-state index contributed by atoms with van der Waals surface area (Å²) in [4.78, 5) is 2.13. The van der Waals surface area contributed by atoms with Gasteiger partial charge in [-0.2, -0.15) is 0 Å². The first-order valence-electron chi connectivity index (χ1n) is 6.31. The third-order valence-corrected chi connectivity index (χ3v) is 2.98. The van der Waals surface area contributed by atoms with Gasteiger partial charge >= 0.3 is 0 Å². The van der Waals surface area contributed by atoms with Crippen LogP contribution in [0.2, 0.25) is 0 Å². The Labute approximate surface area is 113 Å². The van der Waals surface area contributed by atoms with Crippen molar-refractivity contribution < 1.29 is 9.13 Å². The maximum atomic E-state index is 12.7. The summed E-state index contributed by atoms with van der Waals surface area (Å²) in [6.45, 7) is 3.41. The SMILES string of the molecule is Cc1ccc(N(C)CCOc2ccc(F)cc2)cc1. The number of halogens is 1. The molecule has 0 spiro atoms. The highest BCUT2D eigenvalue weighted by Crippen LogP contribution is 2.14. The van der Waals surface area contributed by atoms with Crippen molar-refractivity contribution in [2.24, 2.45) is 0 Å². The summed E-state index contributed by atoms with van der Waals surface area (Å²) in [5.74, 6) is 0.447. The summed E-state index contributed by atoms with van der Waals surface area (Å²) in [5, 5.41) is 0. The number of anilines is 1. The van der Waals surface area contributed by atoms with Crippen LogP contribution in [0.3, 0.4) is 0 Å². The number of likely N-dealkylation sites (N-methyl/N-ethyl adjacent to an activating group) is 1. The summed E-state index contributed by atoms with van der Waals surface area (Å²) in [7, 11) is 2.03. The minimum absolute atomic E-state index is 0.246. The molecule has 100 valence electrons. The van der Waals surface area contributed by atoms with Gasteiger partial charge in [-0.1, -0.05) is 17.7 Å². The Morgan fingerprint density at radius 3 is 2.26 bits per heavy atom. The molecule has 3 heteroatoms. The number of ether oxygens (including phenoxy) is 1. The van der Waals surface area contributed by atoms with Gasteiger partial charge in [0.2, 0.25) is 0 Å². The smallest absolute Gasteiger partial charge is 0.123 e. The number of nitrogens with zero attached hydrogens (tertiary/aromatic N) is 1. The van der Waals surface area contributed by atoms with Gasteiger partial charge in [0.1, 0.15) is 18.2 Å². The van der Waals surface area contributed by atoms with Crippen molar-refractivity contribution in [3.05, 3.63) is 59.9 Å². The Kier molecular flexibility index (Phi) is 4.39. The molecule has 0 bridgehead atoms. The Morgan fingerprint density at radius 1 is 1.00 bits per heavy atom. The number of aryl methyl sites for hydroxylation is 1. The Hall–Kier alpha value is -2.03. The first kappa shape index (κ1) is 13.4. The van der Waals surface area contributed by atoms with Gasteiger partial charge in [-0.25, -0.2) is 4.39 Å². The van der Waals surface area contributed by atoms with E-state index in [-0.39, 0.29) is 5.82 Å². The van der Waals surface area contributed by atoms with E-state index in [4.69, 9.17) is 4.74 Å². The second-order valence-electron chi connectivity index (χ2n) is 4.56. The molecule has 2 rings (SSSR count). The van der Waals surface area contributed by atoms with Crippen LogP contribution in [0.25, 0.3) is 0 Å². The minimum atomic E-state index is -0.246. The van der Waals surface area contributed by atoms with E-state index in [1.807, 2.05) is 7.05 Å². The molecular weight excluding hydrogens is 241 g/mol. The topological polar surface area (TPSA) is 12.5 Å². The van der Waals surface area contributed by atoms with Gasteiger partial charge in [0.25, 0.3) is 0 Å². The highest BCUT2D eigenvalue weighted by Gasteiger charge is 2.01. The van der Waals surface area contributed by atoms with Crippen molar-refractivity contribution in [3.63, 3.8) is 0 Å². The summed E-state index contributed by atoms with van der Waals surface area (Å²) < 4.78 is 18.3. The van der Waals surface area contributed by atoms with Gasteiger partial charge in [-0.05, 0) is 43.3 Å². The van der Waals surface area contributed by atoms with E-state index in [1.165, 1.54) is 17.7 Å². The van der Waals surface area contributed by atoms with E-state index < -0.39 is 0 Å². The molecule has 0 saturated heterocycles. The molecule has 0 aliphatic rings. The normalized spacial score (nSPS) is 10.3. The number of benzene rings is 2. The monoisotopic (exact) mass is 259 g/mol. The zero-order valence-electron chi connectivity index (χ0n) is 11.3. The van der Waals surface area contributed by atoms with Crippen LogP contribution in [0.15, 0.2) is 48.5 Å². The van der Waals surface area contributed by atoms with Crippen molar-refractivity contribution in [3.8, 4) is 5.75 Å². The lowest BCUT2D eigenvalue weighted by atomic mass is 10.2. The van der Waals surface area contributed by atoms with E-state index in [2.05, 4.69) is 36.1 Å². The van der Waals surface area contributed by atoms with Crippen LogP contribution in [0.1, 0.15) is 5.56 Å². The van der Waals surface area contributed by atoms with Crippen molar-refractivity contribution in [1.82, 2.24) is 0 Å².